The summed E-state index contributed by atoms with van der Waals surface area (Å²) in [7, 11) is 1.65. The Balaban J connectivity index is 0.000000489. The largest absolute Gasteiger partial charge is 0.497 e. The van der Waals surface area contributed by atoms with Gasteiger partial charge in [-0.2, -0.15) is 0 Å². The average Bonchev–Trinajstić information content (AvgIpc) is 3.22. The fourth-order valence-corrected chi connectivity index (χ4v) is 3.62. The van der Waals surface area contributed by atoms with E-state index < -0.39 is 0 Å². The molecule has 0 aliphatic heterocycles. The molecule has 0 unspecified atom stereocenters. The standard InChI is InChI=1S/C19H21N3OS.C9H14O/c1-12(2)10-14(5)17(13(3)4)16-11-24-19(21-16)22-18(23)15-6-8-20-9-7-15;1-5-9(10-4)7-6-8(2)3/h6-11H,1H2,2-5H3,(H,21,22,23);5-7H,2H2,1,3-4H3/b14-10-;7-6-,9-5+. The zero-order valence-corrected chi connectivity index (χ0v) is 22.0. The lowest BCUT2D eigenvalue weighted by Gasteiger charge is -2.08. The summed E-state index contributed by atoms with van der Waals surface area (Å²) in [4.78, 5) is 20.7. The van der Waals surface area contributed by atoms with Crippen molar-refractivity contribution in [3.8, 4) is 0 Å². The van der Waals surface area contributed by atoms with Gasteiger partial charge < -0.3 is 4.74 Å². The first-order chi connectivity index (χ1) is 16.1. The molecule has 2 aromatic heterocycles. The van der Waals surface area contributed by atoms with Crippen molar-refractivity contribution in [1.82, 2.24) is 9.97 Å². The number of ether oxygens (including phenoxy) is 1. The van der Waals surface area contributed by atoms with Gasteiger partial charge in [-0.1, -0.05) is 42.0 Å². The molecule has 0 aliphatic carbocycles. The van der Waals surface area contributed by atoms with E-state index in [1.807, 2.05) is 57.4 Å². The van der Waals surface area contributed by atoms with Crippen molar-refractivity contribution in [3.63, 3.8) is 0 Å². The lowest BCUT2D eigenvalue weighted by Crippen LogP contribution is -2.11. The molecule has 1 N–H and O–H groups in total. The van der Waals surface area contributed by atoms with Crippen LogP contribution in [-0.2, 0) is 4.74 Å². The molecule has 5 nitrogen and oxygen atoms in total. The summed E-state index contributed by atoms with van der Waals surface area (Å²) in [5.41, 5.74) is 6.80. The molecule has 0 aromatic carbocycles. The Kier molecular flexibility index (Phi) is 12.2. The number of pyridine rings is 1. The minimum Gasteiger partial charge on any atom is -0.497 e. The highest BCUT2D eigenvalue weighted by Crippen LogP contribution is 2.30. The van der Waals surface area contributed by atoms with Gasteiger partial charge in [-0.05, 0) is 71.4 Å². The van der Waals surface area contributed by atoms with Crippen molar-refractivity contribution in [2.45, 2.75) is 41.5 Å². The Bertz CT molecular complexity index is 1120. The molecule has 0 saturated carbocycles. The lowest BCUT2D eigenvalue weighted by molar-refractivity contribution is 0.102. The van der Waals surface area contributed by atoms with Crippen molar-refractivity contribution in [1.29, 1.82) is 0 Å². The number of anilines is 1. The number of carbonyl (C=O) groups is 1. The Morgan fingerprint density at radius 2 is 1.71 bits per heavy atom. The zero-order chi connectivity index (χ0) is 25.7. The molecule has 0 spiro atoms. The summed E-state index contributed by atoms with van der Waals surface area (Å²) >= 11 is 1.41. The third-order valence-electron chi connectivity index (χ3n) is 4.33. The van der Waals surface area contributed by atoms with Crippen molar-refractivity contribution in [2.75, 3.05) is 12.4 Å². The number of hydrogen-bond donors (Lipinski definition) is 1. The molecule has 1 amide bonds. The normalized spacial score (nSPS) is 11.4. The van der Waals surface area contributed by atoms with Crippen LogP contribution < -0.4 is 5.32 Å². The van der Waals surface area contributed by atoms with Crippen LogP contribution in [0.2, 0.25) is 0 Å². The predicted octanol–water partition coefficient (Wildman–Crippen LogP) is 7.78. The molecule has 0 saturated heterocycles. The molecule has 34 heavy (non-hydrogen) atoms. The van der Waals surface area contributed by atoms with Crippen LogP contribution in [0.3, 0.4) is 0 Å². The fourth-order valence-electron chi connectivity index (χ4n) is 2.92. The second-order valence-electron chi connectivity index (χ2n) is 7.85. The average molecular weight is 478 g/mol. The minimum atomic E-state index is -0.189. The topological polar surface area (TPSA) is 64.1 Å². The number of nitrogens with zero attached hydrogens (tertiary/aromatic N) is 2. The Morgan fingerprint density at radius 3 is 2.21 bits per heavy atom. The smallest absolute Gasteiger partial charge is 0.257 e. The van der Waals surface area contributed by atoms with Gasteiger partial charge in [-0.3, -0.25) is 15.1 Å². The first-order valence-electron chi connectivity index (χ1n) is 10.8. The second kappa shape index (κ2) is 14.6. The summed E-state index contributed by atoms with van der Waals surface area (Å²) in [5.74, 6) is 0.675. The maximum Gasteiger partial charge on any atom is 0.257 e. The number of hydrogen-bond acceptors (Lipinski definition) is 5. The maximum absolute atomic E-state index is 12.2. The quantitative estimate of drug-likeness (QED) is 0.311. The van der Waals surface area contributed by atoms with Crippen molar-refractivity contribution in [2.24, 2.45) is 0 Å². The molecule has 2 aromatic rings. The second-order valence-corrected chi connectivity index (χ2v) is 8.71. The van der Waals surface area contributed by atoms with Crippen LogP contribution in [0, 0.1) is 0 Å². The number of rotatable bonds is 8. The number of methoxy groups -OCH3 is 1. The van der Waals surface area contributed by atoms with E-state index in [9.17, 15) is 4.79 Å². The van der Waals surface area contributed by atoms with Gasteiger partial charge in [0.2, 0.25) is 0 Å². The van der Waals surface area contributed by atoms with Gasteiger partial charge in [0, 0.05) is 28.9 Å². The van der Waals surface area contributed by atoms with Gasteiger partial charge >= 0.3 is 0 Å². The Labute approximate surface area is 208 Å². The molecule has 0 atom stereocenters. The molecule has 180 valence electrons. The van der Waals surface area contributed by atoms with E-state index >= 15 is 0 Å². The van der Waals surface area contributed by atoms with Gasteiger partial charge in [0.05, 0.1) is 12.8 Å². The number of nitrogens with one attached hydrogen (secondary N) is 1. The van der Waals surface area contributed by atoms with E-state index in [1.165, 1.54) is 16.9 Å². The Morgan fingerprint density at radius 1 is 1.06 bits per heavy atom. The van der Waals surface area contributed by atoms with Gasteiger partial charge in [0.1, 0.15) is 5.76 Å². The number of amides is 1. The van der Waals surface area contributed by atoms with Crippen LogP contribution in [0.1, 0.15) is 57.6 Å². The SMILES string of the molecule is C=C(C)/C=C(/C)C(=C(C)C)c1csc(NC(=O)c2ccncc2)n1.C=C(C)/C=C\C(=C/C)OC. The van der Waals surface area contributed by atoms with Gasteiger partial charge in [0.25, 0.3) is 5.91 Å². The predicted molar refractivity (Wildman–Crippen MR) is 146 cm³/mol. The third-order valence-corrected chi connectivity index (χ3v) is 5.09. The summed E-state index contributed by atoms with van der Waals surface area (Å²) in [5, 5.41) is 5.37. The summed E-state index contributed by atoms with van der Waals surface area (Å²) in [6.45, 7) is 19.7. The van der Waals surface area contributed by atoms with Gasteiger partial charge in [0.15, 0.2) is 5.13 Å². The van der Waals surface area contributed by atoms with E-state index in [0.29, 0.717) is 10.7 Å². The number of thiazole rings is 1. The van der Waals surface area contributed by atoms with Gasteiger partial charge in [-0.15, -0.1) is 11.3 Å². The molecule has 0 aliphatic rings. The van der Waals surface area contributed by atoms with Crippen LogP contribution in [0.25, 0.3) is 5.57 Å². The van der Waals surface area contributed by atoms with Crippen molar-refractivity contribution < 1.29 is 9.53 Å². The summed E-state index contributed by atoms with van der Waals surface area (Å²) in [6.07, 6.45) is 10.9. The van der Waals surface area contributed by atoms with Crippen LogP contribution in [0.5, 0.6) is 0 Å². The van der Waals surface area contributed by atoms with E-state index in [0.717, 1.165) is 33.7 Å². The van der Waals surface area contributed by atoms with E-state index in [1.54, 1.807) is 31.6 Å². The molecule has 0 bridgehead atoms. The van der Waals surface area contributed by atoms with Crippen molar-refractivity contribution >= 4 is 27.9 Å². The molecule has 0 fully saturated rings. The van der Waals surface area contributed by atoms with E-state index in [4.69, 9.17) is 4.74 Å². The van der Waals surface area contributed by atoms with Gasteiger partial charge in [-0.25, -0.2) is 4.98 Å². The molecule has 2 heterocycles. The van der Waals surface area contributed by atoms with Crippen LogP contribution >= 0.6 is 11.3 Å². The molecule has 0 radical (unpaired) electrons. The van der Waals surface area contributed by atoms with Crippen molar-refractivity contribution in [3.05, 3.63) is 107 Å². The lowest BCUT2D eigenvalue weighted by atomic mass is 9.99. The highest BCUT2D eigenvalue weighted by atomic mass is 32.1. The summed E-state index contributed by atoms with van der Waals surface area (Å²) in [6, 6.07) is 3.34. The highest BCUT2D eigenvalue weighted by Gasteiger charge is 2.13. The third kappa shape index (κ3) is 9.96. The molecule has 2 rings (SSSR count). The first-order valence-corrected chi connectivity index (χ1v) is 11.7. The minimum absolute atomic E-state index is 0.189. The summed E-state index contributed by atoms with van der Waals surface area (Å²) < 4.78 is 4.98. The zero-order valence-electron chi connectivity index (χ0n) is 21.2. The van der Waals surface area contributed by atoms with Crippen LogP contribution in [0.15, 0.2) is 95.4 Å². The monoisotopic (exact) mass is 477 g/mol. The molecule has 6 heteroatoms. The highest BCUT2D eigenvalue weighted by molar-refractivity contribution is 7.14. The maximum atomic E-state index is 12.2. The fraction of sp³-hybridized carbons (Fsp3) is 0.250. The molecular weight excluding hydrogens is 442 g/mol. The Hall–Kier alpha value is -3.51. The first kappa shape index (κ1) is 28.5. The van der Waals surface area contributed by atoms with Crippen LogP contribution in [0.4, 0.5) is 5.13 Å². The number of aromatic nitrogens is 2. The van der Waals surface area contributed by atoms with Crippen LogP contribution in [-0.4, -0.2) is 23.0 Å². The molecular formula is C28H35N3O2S. The number of allylic oxidation sites excluding steroid dienone is 9. The van der Waals surface area contributed by atoms with E-state index in [2.05, 4.69) is 42.3 Å². The van der Waals surface area contributed by atoms with E-state index in [-0.39, 0.29) is 5.91 Å². The number of carbonyl (C=O) groups excluding carboxylic acids is 1.